The Morgan fingerprint density at radius 3 is 2.15 bits per heavy atom. The van der Waals surface area contributed by atoms with Crippen molar-refractivity contribution in [1.29, 1.82) is 0 Å². The molecule has 5 nitrogen and oxygen atoms in total. The molecule has 5 aromatic rings. The fraction of sp³-hybridized carbons (Fsp3) is 0.0435. The van der Waals surface area contributed by atoms with Crippen LogP contribution >= 0.6 is 15.9 Å². The summed E-state index contributed by atoms with van der Waals surface area (Å²) in [7, 11) is 0. The largest absolute Gasteiger partial charge is 0.433 e. The lowest BCUT2D eigenvalue weighted by Crippen LogP contribution is -2.09. The van der Waals surface area contributed by atoms with E-state index in [1.807, 2.05) is 12.1 Å². The minimum atomic E-state index is -4.57. The summed E-state index contributed by atoms with van der Waals surface area (Å²) >= 11 is 3.25. The Morgan fingerprint density at radius 1 is 0.818 bits per heavy atom. The Hall–Kier alpha value is -3.66. The Kier molecular flexibility index (Phi) is 6.45. The molecule has 4 aromatic heterocycles. The van der Waals surface area contributed by atoms with E-state index in [2.05, 4.69) is 35.9 Å². The van der Waals surface area contributed by atoms with Crippen molar-refractivity contribution in [3.05, 3.63) is 102 Å². The second kappa shape index (κ2) is 9.45. The monoisotopic (exact) mass is 515 g/mol. The van der Waals surface area contributed by atoms with Crippen molar-refractivity contribution in [2.24, 2.45) is 0 Å². The SMILES string of the molecule is Brc1cccnc1.Fc1c(-c2cccnc2)cccc1-c1cnc2nc(C(F)(F)F)ccn12. The maximum atomic E-state index is 15.0. The second-order valence-electron chi connectivity index (χ2n) is 6.70. The minimum Gasteiger partial charge on any atom is -0.284 e. The molecule has 0 spiro atoms. The van der Waals surface area contributed by atoms with Crippen LogP contribution in [0.15, 0.2) is 90.2 Å². The van der Waals surface area contributed by atoms with E-state index < -0.39 is 17.7 Å². The molecule has 0 fully saturated rings. The molecule has 0 amide bonds. The molecule has 0 unspecified atom stereocenters. The summed E-state index contributed by atoms with van der Waals surface area (Å²) < 4.78 is 55.7. The van der Waals surface area contributed by atoms with Gasteiger partial charge in [-0.25, -0.2) is 14.4 Å². The molecule has 0 aliphatic carbocycles. The van der Waals surface area contributed by atoms with Gasteiger partial charge >= 0.3 is 6.18 Å². The number of halogens is 5. The third-order valence-electron chi connectivity index (χ3n) is 4.54. The van der Waals surface area contributed by atoms with Crippen molar-refractivity contribution in [1.82, 2.24) is 24.3 Å². The molecule has 0 aliphatic rings. The first kappa shape index (κ1) is 22.5. The van der Waals surface area contributed by atoms with Gasteiger partial charge in [-0.1, -0.05) is 18.2 Å². The molecule has 0 saturated heterocycles. The Balaban J connectivity index is 0.000000318. The molecule has 4 heterocycles. The number of hydrogen-bond donors (Lipinski definition) is 0. The molecule has 0 atom stereocenters. The van der Waals surface area contributed by atoms with Gasteiger partial charge in [0.15, 0.2) is 0 Å². The van der Waals surface area contributed by atoms with Crippen molar-refractivity contribution >= 4 is 21.7 Å². The van der Waals surface area contributed by atoms with Crippen LogP contribution in [0.5, 0.6) is 0 Å². The Morgan fingerprint density at radius 2 is 1.55 bits per heavy atom. The molecular weight excluding hydrogens is 502 g/mol. The predicted molar refractivity (Wildman–Crippen MR) is 119 cm³/mol. The molecule has 10 heteroatoms. The van der Waals surface area contributed by atoms with Gasteiger partial charge in [-0.3, -0.25) is 14.4 Å². The number of benzene rings is 1. The smallest absolute Gasteiger partial charge is 0.284 e. The van der Waals surface area contributed by atoms with Crippen LogP contribution in [0.3, 0.4) is 0 Å². The molecule has 0 saturated carbocycles. The van der Waals surface area contributed by atoms with Gasteiger partial charge in [-0.2, -0.15) is 13.2 Å². The highest BCUT2D eigenvalue weighted by Crippen LogP contribution is 2.32. The molecule has 0 radical (unpaired) electrons. The van der Waals surface area contributed by atoms with Gasteiger partial charge in [0.1, 0.15) is 11.5 Å². The molecular formula is C23H14BrF4N5. The fourth-order valence-electron chi connectivity index (χ4n) is 3.04. The van der Waals surface area contributed by atoms with E-state index in [9.17, 15) is 13.2 Å². The average Bonchev–Trinajstić information content (AvgIpc) is 3.23. The van der Waals surface area contributed by atoms with Gasteiger partial charge in [0, 0.05) is 52.1 Å². The van der Waals surface area contributed by atoms with E-state index >= 15 is 4.39 Å². The number of fused-ring (bicyclic) bond motifs is 1. The van der Waals surface area contributed by atoms with Crippen molar-refractivity contribution in [3.8, 4) is 22.4 Å². The zero-order chi connectivity index (χ0) is 23.4. The van der Waals surface area contributed by atoms with Crippen molar-refractivity contribution in [2.75, 3.05) is 0 Å². The summed E-state index contributed by atoms with van der Waals surface area (Å²) in [5.74, 6) is -0.664. The van der Waals surface area contributed by atoms with Gasteiger partial charge in [-0.15, -0.1) is 0 Å². The topological polar surface area (TPSA) is 56.0 Å². The van der Waals surface area contributed by atoms with Gasteiger partial charge in [-0.05, 0) is 46.3 Å². The third-order valence-corrected chi connectivity index (χ3v) is 5.01. The lowest BCUT2D eigenvalue weighted by atomic mass is 10.0. The molecule has 0 bridgehead atoms. The fourth-order valence-corrected chi connectivity index (χ4v) is 3.32. The quantitative estimate of drug-likeness (QED) is 0.253. The molecule has 0 N–H and O–H groups in total. The van der Waals surface area contributed by atoms with Crippen LogP contribution in [0.1, 0.15) is 5.69 Å². The summed E-state index contributed by atoms with van der Waals surface area (Å²) in [6.07, 6.45) is 4.52. The average molecular weight is 516 g/mol. The Labute approximate surface area is 193 Å². The van der Waals surface area contributed by atoms with Crippen LogP contribution in [0.25, 0.3) is 28.2 Å². The number of hydrogen-bond acceptors (Lipinski definition) is 4. The van der Waals surface area contributed by atoms with E-state index in [1.165, 1.54) is 29.1 Å². The normalized spacial score (nSPS) is 11.2. The zero-order valence-electron chi connectivity index (χ0n) is 16.7. The number of alkyl halides is 3. The molecule has 166 valence electrons. The van der Waals surface area contributed by atoms with Crippen molar-refractivity contribution in [3.63, 3.8) is 0 Å². The van der Waals surface area contributed by atoms with Gasteiger partial charge < -0.3 is 0 Å². The number of aromatic nitrogens is 5. The highest BCUT2D eigenvalue weighted by atomic mass is 79.9. The van der Waals surface area contributed by atoms with Crippen LogP contribution in [0.4, 0.5) is 17.6 Å². The molecule has 33 heavy (non-hydrogen) atoms. The van der Waals surface area contributed by atoms with Gasteiger partial charge in [0.2, 0.25) is 5.78 Å². The summed E-state index contributed by atoms with van der Waals surface area (Å²) in [4.78, 5) is 15.2. The van der Waals surface area contributed by atoms with Crippen LogP contribution in [0, 0.1) is 5.82 Å². The van der Waals surface area contributed by atoms with E-state index in [4.69, 9.17) is 0 Å². The molecule has 0 aliphatic heterocycles. The molecule has 5 rings (SSSR count). The maximum absolute atomic E-state index is 15.0. The lowest BCUT2D eigenvalue weighted by Gasteiger charge is -2.09. The van der Waals surface area contributed by atoms with Crippen LogP contribution in [0.2, 0.25) is 0 Å². The van der Waals surface area contributed by atoms with Gasteiger partial charge in [0.05, 0.1) is 11.9 Å². The summed E-state index contributed by atoms with van der Waals surface area (Å²) in [5.41, 5.74) is 0.403. The van der Waals surface area contributed by atoms with E-state index in [1.54, 1.807) is 42.9 Å². The zero-order valence-corrected chi connectivity index (χ0v) is 18.3. The number of nitrogens with zero attached hydrogens (tertiary/aromatic N) is 5. The van der Waals surface area contributed by atoms with Gasteiger partial charge in [0.25, 0.3) is 0 Å². The third kappa shape index (κ3) is 5.06. The maximum Gasteiger partial charge on any atom is 0.433 e. The first-order chi connectivity index (χ1) is 15.8. The lowest BCUT2D eigenvalue weighted by molar-refractivity contribution is -0.141. The Bertz CT molecular complexity index is 1370. The van der Waals surface area contributed by atoms with Crippen LogP contribution in [-0.2, 0) is 6.18 Å². The van der Waals surface area contributed by atoms with E-state index in [-0.39, 0.29) is 11.3 Å². The van der Waals surface area contributed by atoms with E-state index in [0.717, 1.165) is 10.5 Å². The highest BCUT2D eigenvalue weighted by Gasteiger charge is 2.33. The summed E-state index contributed by atoms with van der Waals surface area (Å²) in [6.45, 7) is 0. The minimum absolute atomic E-state index is 0.152. The number of rotatable bonds is 2. The first-order valence-corrected chi connectivity index (χ1v) is 10.3. The first-order valence-electron chi connectivity index (χ1n) is 9.50. The molecule has 1 aromatic carbocycles. The van der Waals surface area contributed by atoms with Crippen molar-refractivity contribution in [2.45, 2.75) is 6.18 Å². The van der Waals surface area contributed by atoms with E-state index in [0.29, 0.717) is 16.8 Å². The van der Waals surface area contributed by atoms with Crippen molar-refractivity contribution < 1.29 is 17.6 Å². The number of imidazole rings is 1. The number of pyridine rings is 2. The second-order valence-corrected chi connectivity index (χ2v) is 7.62. The highest BCUT2D eigenvalue weighted by molar-refractivity contribution is 9.10. The standard InChI is InChI=1S/C18H10F4N4.C5H4BrN/c19-16-12(11-3-2-7-23-9-11)4-1-5-13(16)14-10-24-17-25-15(18(20,21)22)6-8-26(14)17;6-5-2-1-3-7-4-5/h1-10H;1-4H. The summed E-state index contributed by atoms with van der Waals surface area (Å²) in [5, 5.41) is 0. The predicted octanol–water partition coefficient (Wildman–Crippen LogP) is 6.46. The summed E-state index contributed by atoms with van der Waals surface area (Å²) in [6, 6.07) is 12.9. The van der Waals surface area contributed by atoms with Crippen LogP contribution < -0.4 is 0 Å². The van der Waals surface area contributed by atoms with Crippen LogP contribution in [-0.4, -0.2) is 24.3 Å².